The van der Waals surface area contributed by atoms with Gasteiger partial charge in [0.25, 0.3) is 5.91 Å². The molecule has 0 bridgehead atoms. The number of hydrogen-bond donors (Lipinski definition) is 1. The summed E-state index contributed by atoms with van der Waals surface area (Å²) < 4.78 is 2.05. The monoisotopic (exact) mass is 373 g/mol. The van der Waals surface area contributed by atoms with E-state index in [4.69, 9.17) is 0 Å². The van der Waals surface area contributed by atoms with Crippen LogP contribution in [0.15, 0.2) is 76.8 Å². The number of amides is 1. The molecule has 0 radical (unpaired) electrons. The van der Waals surface area contributed by atoms with Crippen LogP contribution in [0.1, 0.15) is 16.8 Å². The van der Waals surface area contributed by atoms with Crippen molar-refractivity contribution in [1.29, 1.82) is 0 Å². The predicted octanol–water partition coefficient (Wildman–Crippen LogP) is 4.99. The van der Waals surface area contributed by atoms with Crippen LogP contribution in [-0.4, -0.2) is 15.6 Å². The lowest BCUT2D eigenvalue weighted by Gasteiger charge is -2.06. The Bertz CT molecular complexity index is 1060. The second-order valence-corrected chi connectivity index (χ2v) is 7.42. The van der Waals surface area contributed by atoms with E-state index in [2.05, 4.69) is 28.7 Å². The topological polar surface area (TPSA) is 46.4 Å². The van der Waals surface area contributed by atoms with Crippen LogP contribution in [0.4, 0.5) is 5.69 Å². The Morgan fingerprint density at radius 3 is 2.59 bits per heavy atom. The summed E-state index contributed by atoms with van der Waals surface area (Å²) in [6.45, 7) is 4.13. The quantitative estimate of drug-likeness (QED) is 0.658. The fourth-order valence-corrected chi connectivity index (χ4v) is 3.69. The number of hydrogen-bond acceptors (Lipinski definition) is 3. The van der Waals surface area contributed by atoms with Crippen molar-refractivity contribution in [3.05, 3.63) is 88.6 Å². The number of amidine groups is 1. The van der Waals surface area contributed by atoms with Crippen molar-refractivity contribution in [3.63, 3.8) is 0 Å². The van der Waals surface area contributed by atoms with Gasteiger partial charge in [-0.3, -0.25) is 4.79 Å². The fourth-order valence-electron chi connectivity index (χ4n) is 2.86. The maximum atomic E-state index is 12.4. The Kier molecular flexibility index (Phi) is 4.69. The molecule has 0 aliphatic carbocycles. The number of aryl methyl sites for hydroxylation is 2. The fraction of sp³-hybridized carbons (Fsp3) is 0.0909. The molecule has 0 unspecified atom stereocenters. The summed E-state index contributed by atoms with van der Waals surface area (Å²) in [5.41, 5.74) is 5.26. The third kappa shape index (κ3) is 3.73. The van der Waals surface area contributed by atoms with Gasteiger partial charge in [-0.15, -0.1) is 0 Å². The number of rotatable bonds is 3. The second kappa shape index (κ2) is 7.29. The van der Waals surface area contributed by atoms with Gasteiger partial charge in [0.05, 0.1) is 10.6 Å². The van der Waals surface area contributed by atoms with Gasteiger partial charge in [0.1, 0.15) is 0 Å². The first-order valence-electron chi connectivity index (χ1n) is 8.70. The smallest absolute Gasteiger partial charge is 0.264 e. The number of aliphatic imine (C=N–C) groups is 1. The van der Waals surface area contributed by atoms with Gasteiger partial charge in [0, 0.05) is 17.6 Å². The average molecular weight is 373 g/mol. The third-order valence-electron chi connectivity index (χ3n) is 4.47. The summed E-state index contributed by atoms with van der Waals surface area (Å²) in [6, 6.07) is 20.1. The van der Waals surface area contributed by atoms with E-state index in [1.807, 2.05) is 72.9 Å². The summed E-state index contributed by atoms with van der Waals surface area (Å²) in [6.07, 6.45) is 3.89. The molecule has 2 aromatic carbocycles. The van der Waals surface area contributed by atoms with E-state index in [0.29, 0.717) is 10.1 Å². The highest BCUT2D eigenvalue weighted by molar-refractivity contribution is 8.18. The number of para-hydroxylation sites is 1. The highest BCUT2D eigenvalue weighted by Gasteiger charge is 2.24. The van der Waals surface area contributed by atoms with Crippen molar-refractivity contribution in [2.24, 2.45) is 4.99 Å². The highest BCUT2D eigenvalue weighted by Crippen LogP contribution is 2.29. The molecule has 1 fully saturated rings. The highest BCUT2D eigenvalue weighted by atomic mass is 32.2. The zero-order chi connectivity index (χ0) is 18.8. The lowest BCUT2D eigenvalue weighted by Crippen LogP contribution is -2.19. The van der Waals surface area contributed by atoms with Crippen LogP contribution in [0.2, 0.25) is 0 Å². The molecule has 1 aromatic heterocycles. The summed E-state index contributed by atoms with van der Waals surface area (Å²) in [7, 11) is 0. The Balaban J connectivity index is 1.61. The zero-order valence-corrected chi connectivity index (χ0v) is 16.0. The van der Waals surface area contributed by atoms with Crippen LogP contribution in [0, 0.1) is 13.8 Å². The molecule has 1 aliphatic rings. The number of aromatic nitrogens is 1. The first-order chi connectivity index (χ1) is 13.1. The van der Waals surface area contributed by atoms with Gasteiger partial charge in [-0.1, -0.05) is 24.3 Å². The lowest BCUT2D eigenvalue weighted by molar-refractivity contribution is -0.115. The van der Waals surface area contributed by atoms with Crippen molar-refractivity contribution >= 4 is 34.6 Å². The number of nitrogens with zero attached hydrogens (tertiary/aromatic N) is 2. The molecule has 3 aromatic rings. The molecule has 0 spiro atoms. The van der Waals surface area contributed by atoms with Crippen molar-refractivity contribution in [2.75, 3.05) is 0 Å². The average Bonchev–Trinajstić information content (AvgIpc) is 3.26. The Morgan fingerprint density at radius 2 is 1.81 bits per heavy atom. The normalized spacial score (nSPS) is 16.9. The summed E-state index contributed by atoms with van der Waals surface area (Å²) >= 11 is 1.36. The third-order valence-corrected chi connectivity index (χ3v) is 5.38. The largest absolute Gasteiger partial charge is 0.317 e. The SMILES string of the molecule is Cc1ccc(N=C2NC(=O)/C(=C/c3cccn3-c3ccccc3)S2)cc1C. The van der Waals surface area contributed by atoms with Gasteiger partial charge in [0.15, 0.2) is 5.17 Å². The van der Waals surface area contributed by atoms with Crippen molar-refractivity contribution in [2.45, 2.75) is 13.8 Å². The molecule has 27 heavy (non-hydrogen) atoms. The van der Waals surface area contributed by atoms with Gasteiger partial charge < -0.3 is 9.88 Å². The van der Waals surface area contributed by atoms with Crippen LogP contribution in [0.25, 0.3) is 11.8 Å². The van der Waals surface area contributed by atoms with Crippen LogP contribution in [0.3, 0.4) is 0 Å². The molecule has 1 amide bonds. The van der Waals surface area contributed by atoms with Gasteiger partial charge in [-0.2, -0.15) is 0 Å². The van der Waals surface area contributed by atoms with E-state index in [-0.39, 0.29) is 5.91 Å². The van der Waals surface area contributed by atoms with Gasteiger partial charge in [-0.05, 0) is 79.2 Å². The molecular weight excluding hydrogens is 354 g/mol. The molecule has 0 saturated carbocycles. The number of thioether (sulfide) groups is 1. The summed E-state index contributed by atoms with van der Waals surface area (Å²) in [4.78, 5) is 17.6. The first-order valence-corrected chi connectivity index (χ1v) is 9.51. The Labute approximate surface area is 162 Å². The van der Waals surface area contributed by atoms with Gasteiger partial charge in [-0.25, -0.2) is 4.99 Å². The Morgan fingerprint density at radius 1 is 1.00 bits per heavy atom. The molecule has 134 valence electrons. The number of carbonyl (C=O) groups is 1. The Hall–Kier alpha value is -3.05. The van der Waals surface area contributed by atoms with E-state index < -0.39 is 0 Å². The number of benzene rings is 2. The van der Waals surface area contributed by atoms with Gasteiger partial charge >= 0.3 is 0 Å². The summed E-state index contributed by atoms with van der Waals surface area (Å²) in [5, 5.41) is 3.46. The molecule has 4 nitrogen and oxygen atoms in total. The molecule has 1 N–H and O–H groups in total. The number of carbonyl (C=O) groups excluding carboxylic acids is 1. The molecule has 5 heteroatoms. The van der Waals surface area contributed by atoms with E-state index in [0.717, 1.165) is 17.1 Å². The maximum absolute atomic E-state index is 12.4. The van der Waals surface area contributed by atoms with Crippen LogP contribution in [-0.2, 0) is 4.79 Å². The lowest BCUT2D eigenvalue weighted by atomic mass is 10.1. The molecule has 4 rings (SSSR count). The maximum Gasteiger partial charge on any atom is 0.264 e. The van der Waals surface area contributed by atoms with Crippen LogP contribution < -0.4 is 5.32 Å². The van der Waals surface area contributed by atoms with E-state index in [1.165, 1.54) is 22.9 Å². The van der Waals surface area contributed by atoms with E-state index in [9.17, 15) is 4.79 Å². The first kappa shape index (κ1) is 17.4. The summed E-state index contributed by atoms with van der Waals surface area (Å²) in [5.74, 6) is -0.122. The predicted molar refractivity (Wildman–Crippen MR) is 112 cm³/mol. The molecule has 2 heterocycles. The van der Waals surface area contributed by atoms with E-state index >= 15 is 0 Å². The van der Waals surface area contributed by atoms with Gasteiger partial charge in [0.2, 0.25) is 0 Å². The molecule has 1 saturated heterocycles. The van der Waals surface area contributed by atoms with Crippen molar-refractivity contribution < 1.29 is 4.79 Å². The van der Waals surface area contributed by atoms with Crippen LogP contribution >= 0.6 is 11.8 Å². The standard InChI is InChI=1S/C22H19N3OS/c1-15-10-11-17(13-16(15)2)23-22-24-21(26)20(27-22)14-19-9-6-12-25(19)18-7-4-3-5-8-18/h3-14H,1-2H3,(H,23,24,26)/b20-14-. The van der Waals surface area contributed by atoms with Crippen molar-refractivity contribution in [1.82, 2.24) is 9.88 Å². The minimum Gasteiger partial charge on any atom is -0.317 e. The zero-order valence-electron chi connectivity index (χ0n) is 15.1. The minimum absolute atomic E-state index is 0.122. The second-order valence-electron chi connectivity index (χ2n) is 6.39. The number of nitrogens with one attached hydrogen (secondary N) is 1. The van der Waals surface area contributed by atoms with Crippen molar-refractivity contribution in [3.8, 4) is 5.69 Å². The molecular formula is C22H19N3OS. The molecule has 1 aliphatic heterocycles. The minimum atomic E-state index is -0.122. The van der Waals surface area contributed by atoms with E-state index in [1.54, 1.807) is 0 Å². The molecule has 0 atom stereocenters. The van der Waals surface area contributed by atoms with Crippen LogP contribution in [0.5, 0.6) is 0 Å².